The standard InChI is InChI=1S/C22H16F6N2O3/c23-21(24,25)14-7-12(8-15(10-14)22(26,27)28)9-19(31)30-18(20(32)33)11-16-6-5-13-3-1-2-4-17(13)29-16/h1-8,10,18H,9,11H2,(H,30,31)(H,32,33)/t18-/m1/s1. The van der Waals surface area contributed by atoms with Crippen LogP contribution in [0.15, 0.2) is 54.6 Å². The molecule has 0 fully saturated rings. The first-order valence-electron chi connectivity index (χ1n) is 9.48. The van der Waals surface area contributed by atoms with Gasteiger partial charge in [-0.05, 0) is 35.9 Å². The highest BCUT2D eigenvalue weighted by Gasteiger charge is 2.37. The number of hydrogen-bond donors (Lipinski definition) is 2. The van der Waals surface area contributed by atoms with Gasteiger partial charge in [-0.25, -0.2) is 4.79 Å². The van der Waals surface area contributed by atoms with E-state index in [2.05, 4.69) is 10.3 Å². The van der Waals surface area contributed by atoms with Crippen LogP contribution in [0.1, 0.15) is 22.4 Å². The number of aliphatic carboxylic acids is 1. The van der Waals surface area contributed by atoms with E-state index in [1.165, 1.54) is 0 Å². The molecule has 0 saturated carbocycles. The number of para-hydroxylation sites is 1. The molecule has 0 aliphatic carbocycles. The summed E-state index contributed by atoms with van der Waals surface area (Å²) in [5.74, 6) is -2.48. The fourth-order valence-corrected chi connectivity index (χ4v) is 3.18. The third kappa shape index (κ3) is 6.21. The highest BCUT2D eigenvalue weighted by atomic mass is 19.4. The molecule has 33 heavy (non-hydrogen) atoms. The van der Waals surface area contributed by atoms with Crippen molar-refractivity contribution >= 4 is 22.8 Å². The van der Waals surface area contributed by atoms with Crippen LogP contribution in [0.4, 0.5) is 26.3 Å². The van der Waals surface area contributed by atoms with Gasteiger partial charge in [-0.3, -0.25) is 9.78 Å². The van der Waals surface area contributed by atoms with Gasteiger partial charge in [-0.1, -0.05) is 24.3 Å². The number of carbonyl (C=O) groups is 2. The molecule has 0 aliphatic heterocycles. The summed E-state index contributed by atoms with van der Waals surface area (Å²) in [4.78, 5) is 28.2. The van der Waals surface area contributed by atoms with Crippen LogP contribution >= 0.6 is 0 Å². The highest BCUT2D eigenvalue weighted by Crippen LogP contribution is 2.36. The molecule has 0 bridgehead atoms. The van der Waals surface area contributed by atoms with Crippen molar-refractivity contribution < 1.29 is 41.0 Å². The lowest BCUT2D eigenvalue weighted by atomic mass is 10.0. The molecule has 0 aliphatic rings. The summed E-state index contributed by atoms with van der Waals surface area (Å²) in [7, 11) is 0. The van der Waals surface area contributed by atoms with E-state index in [0.717, 1.165) is 5.39 Å². The Labute approximate surface area is 183 Å². The number of carbonyl (C=O) groups excluding carboxylic acids is 1. The maximum absolute atomic E-state index is 13.0. The summed E-state index contributed by atoms with van der Waals surface area (Å²) >= 11 is 0. The molecule has 2 N–H and O–H groups in total. The summed E-state index contributed by atoms with van der Waals surface area (Å²) in [6.07, 6.45) is -11.2. The van der Waals surface area contributed by atoms with Gasteiger partial charge in [-0.2, -0.15) is 26.3 Å². The lowest BCUT2D eigenvalue weighted by Gasteiger charge is -2.16. The summed E-state index contributed by atoms with van der Waals surface area (Å²) in [5.41, 5.74) is -2.75. The Morgan fingerprint density at radius 1 is 0.909 bits per heavy atom. The topological polar surface area (TPSA) is 79.3 Å². The molecule has 2 aromatic carbocycles. The van der Waals surface area contributed by atoms with Crippen LogP contribution in [0.5, 0.6) is 0 Å². The van der Waals surface area contributed by atoms with Gasteiger partial charge in [-0.15, -0.1) is 0 Å². The molecule has 1 atom stereocenters. The average Bonchev–Trinajstić information content (AvgIpc) is 2.71. The molecule has 11 heteroatoms. The van der Waals surface area contributed by atoms with E-state index in [9.17, 15) is 41.0 Å². The Balaban J connectivity index is 1.79. The zero-order chi connectivity index (χ0) is 24.4. The van der Waals surface area contributed by atoms with E-state index in [-0.39, 0.29) is 12.5 Å². The van der Waals surface area contributed by atoms with Crippen LogP contribution < -0.4 is 5.32 Å². The predicted octanol–water partition coefficient (Wildman–Crippen LogP) is 4.63. The number of carboxylic acids is 1. The van der Waals surface area contributed by atoms with Gasteiger partial charge >= 0.3 is 18.3 Å². The second kappa shape index (κ2) is 9.08. The minimum atomic E-state index is -5.06. The third-order valence-electron chi connectivity index (χ3n) is 4.71. The van der Waals surface area contributed by atoms with Crippen molar-refractivity contribution in [2.24, 2.45) is 0 Å². The minimum Gasteiger partial charge on any atom is -0.480 e. The first kappa shape index (κ1) is 24.0. The van der Waals surface area contributed by atoms with Gasteiger partial charge in [0.2, 0.25) is 5.91 Å². The molecule has 0 unspecified atom stereocenters. The molecule has 0 radical (unpaired) electrons. The number of fused-ring (bicyclic) bond motifs is 1. The minimum absolute atomic E-state index is 0.0488. The molecule has 174 valence electrons. The van der Waals surface area contributed by atoms with E-state index >= 15 is 0 Å². The van der Waals surface area contributed by atoms with Crippen molar-refractivity contribution in [3.05, 3.63) is 77.0 Å². The van der Waals surface area contributed by atoms with Crippen molar-refractivity contribution in [3.8, 4) is 0 Å². The summed E-state index contributed by atoms with van der Waals surface area (Å²) < 4.78 is 77.9. The van der Waals surface area contributed by atoms with Crippen molar-refractivity contribution in [3.63, 3.8) is 0 Å². The van der Waals surface area contributed by atoms with Crippen molar-refractivity contribution in [1.82, 2.24) is 10.3 Å². The van der Waals surface area contributed by atoms with Gasteiger partial charge in [0.25, 0.3) is 0 Å². The molecule has 0 saturated heterocycles. The second-order valence-corrected chi connectivity index (χ2v) is 7.25. The number of rotatable bonds is 6. The van der Waals surface area contributed by atoms with Gasteiger partial charge < -0.3 is 10.4 Å². The maximum atomic E-state index is 13.0. The van der Waals surface area contributed by atoms with Crippen molar-refractivity contribution in [2.75, 3.05) is 0 Å². The van der Waals surface area contributed by atoms with E-state index in [0.29, 0.717) is 23.3 Å². The Morgan fingerprint density at radius 3 is 2.09 bits per heavy atom. The smallest absolute Gasteiger partial charge is 0.416 e. The first-order valence-corrected chi connectivity index (χ1v) is 9.48. The number of pyridine rings is 1. The molecule has 3 rings (SSSR count). The third-order valence-corrected chi connectivity index (χ3v) is 4.71. The van der Waals surface area contributed by atoms with Gasteiger partial charge in [0, 0.05) is 17.5 Å². The maximum Gasteiger partial charge on any atom is 0.416 e. The lowest BCUT2D eigenvalue weighted by molar-refractivity contribution is -0.143. The van der Waals surface area contributed by atoms with Crippen LogP contribution in [0.3, 0.4) is 0 Å². The van der Waals surface area contributed by atoms with E-state index in [1.807, 2.05) is 0 Å². The van der Waals surface area contributed by atoms with Gasteiger partial charge in [0.05, 0.1) is 23.1 Å². The number of nitrogens with one attached hydrogen (secondary N) is 1. The van der Waals surface area contributed by atoms with E-state index < -0.39 is 53.4 Å². The number of hydrogen-bond acceptors (Lipinski definition) is 3. The molecule has 1 aromatic heterocycles. The number of alkyl halides is 6. The molecule has 1 amide bonds. The van der Waals surface area contributed by atoms with Crippen molar-refractivity contribution in [2.45, 2.75) is 31.2 Å². The predicted molar refractivity (Wildman–Crippen MR) is 105 cm³/mol. The summed E-state index contributed by atoms with van der Waals surface area (Å²) in [6, 6.07) is 9.62. The number of carboxylic acid groups (broad SMARTS) is 1. The molecule has 5 nitrogen and oxygen atoms in total. The Bertz CT molecular complexity index is 1160. The average molecular weight is 470 g/mol. The molecular formula is C22H16F6N2O3. The Kier molecular flexibility index (Phi) is 6.61. The first-order chi connectivity index (χ1) is 15.3. The van der Waals surface area contributed by atoms with Crippen LogP contribution in [0.2, 0.25) is 0 Å². The zero-order valence-electron chi connectivity index (χ0n) is 16.7. The normalized spacial score (nSPS) is 13.0. The summed E-state index contributed by atoms with van der Waals surface area (Å²) in [6.45, 7) is 0. The van der Waals surface area contributed by atoms with Crippen molar-refractivity contribution in [1.29, 1.82) is 0 Å². The van der Waals surface area contributed by atoms with Crippen LogP contribution in [-0.4, -0.2) is 28.0 Å². The molecule has 1 heterocycles. The SMILES string of the molecule is O=C(Cc1cc(C(F)(F)F)cc(C(F)(F)F)c1)N[C@H](Cc1ccc2ccccc2n1)C(=O)O. The van der Waals surface area contributed by atoms with Crippen LogP contribution in [-0.2, 0) is 34.8 Å². The number of aromatic nitrogens is 1. The van der Waals surface area contributed by atoms with E-state index in [1.54, 1.807) is 36.4 Å². The van der Waals surface area contributed by atoms with Gasteiger partial charge in [0.15, 0.2) is 0 Å². The quantitative estimate of drug-likeness (QED) is 0.515. The second-order valence-electron chi connectivity index (χ2n) is 7.25. The number of nitrogens with zero attached hydrogens (tertiary/aromatic N) is 1. The monoisotopic (exact) mass is 470 g/mol. The fraction of sp³-hybridized carbons (Fsp3) is 0.227. The summed E-state index contributed by atoms with van der Waals surface area (Å²) in [5, 5.41) is 12.4. The lowest BCUT2D eigenvalue weighted by Crippen LogP contribution is -2.43. The molecular weight excluding hydrogens is 454 g/mol. The number of amides is 1. The molecule has 3 aromatic rings. The highest BCUT2D eigenvalue weighted by molar-refractivity contribution is 5.85. The Hall–Kier alpha value is -3.63. The number of halogens is 6. The van der Waals surface area contributed by atoms with E-state index in [4.69, 9.17) is 0 Å². The number of benzene rings is 2. The molecule has 0 spiro atoms. The Morgan fingerprint density at radius 2 is 1.52 bits per heavy atom. The fourth-order valence-electron chi connectivity index (χ4n) is 3.18. The zero-order valence-corrected chi connectivity index (χ0v) is 16.7. The van der Waals surface area contributed by atoms with Crippen LogP contribution in [0.25, 0.3) is 10.9 Å². The largest absolute Gasteiger partial charge is 0.480 e. The van der Waals surface area contributed by atoms with Gasteiger partial charge in [0.1, 0.15) is 6.04 Å². The van der Waals surface area contributed by atoms with Crippen LogP contribution in [0, 0.1) is 0 Å².